The van der Waals surface area contributed by atoms with Gasteiger partial charge in [-0.3, -0.25) is 4.98 Å². The second-order valence-electron chi connectivity index (χ2n) is 9.71. The van der Waals surface area contributed by atoms with Gasteiger partial charge < -0.3 is 4.90 Å². The molecule has 2 fully saturated rings. The van der Waals surface area contributed by atoms with E-state index in [1.54, 1.807) is 23.0 Å². The normalized spacial score (nSPS) is 16.6. The summed E-state index contributed by atoms with van der Waals surface area (Å²) in [5.74, 6) is 0.885. The minimum atomic E-state index is -0.307. The zero-order valence-corrected chi connectivity index (χ0v) is 19.7. The molecule has 2 aliphatic rings. The van der Waals surface area contributed by atoms with E-state index in [0.29, 0.717) is 22.6 Å². The molecule has 0 unspecified atom stereocenters. The van der Waals surface area contributed by atoms with E-state index in [9.17, 15) is 0 Å². The number of likely N-dealkylation sites (tertiary alicyclic amines) is 1. The van der Waals surface area contributed by atoms with Crippen molar-refractivity contribution in [2.24, 2.45) is 0 Å². The molecule has 5 aromatic rings. The van der Waals surface area contributed by atoms with Gasteiger partial charge in [-0.1, -0.05) is 24.8 Å². The highest BCUT2D eigenvalue weighted by atomic mass is 19.1. The molecule has 178 valence electrons. The van der Waals surface area contributed by atoms with E-state index >= 15 is 4.39 Å². The Morgan fingerprint density at radius 1 is 0.972 bits per heavy atom. The topological polar surface area (TPSA) is 72.1 Å². The lowest BCUT2D eigenvalue weighted by molar-refractivity contribution is 0.489. The summed E-state index contributed by atoms with van der Waals surface area (Å²) in [6, 6.07) is 15.5. The van der Waals surface area contributed by atoms with Crippen LogP contribution in [0, 0.1) is 5.82 Å². The van der Waals surface area contributed by atoms with Crippen LogP contribution < -0.4 is 0 Å². The molecule has 0 atom stereocenters. The summed E-state index contributed by atoms with van der Waals surface area (Å²) in [5.41, 5.74) is 4.35. The Labute approximate surface area is 207 Å². The van der Waals surface area contributed by atoms with Gasteiger partial charge in [0.05, 0.1) is 17.1 Å². The smallest absolute Gasteiger partial charge is 0.271 e. The van der Waals surface area contributed by atoms with Crippen LogP contribution in [0.15, 0.2) is 67.5 Å². The maximum atomic E-state index is 15.1. The zero-order chi connectivity index (χ0) is 24.3. The molecule has 2 aromatic carbocycles. The summed E-state index contributed by atoms with van der Waals surface area (Å²) in [6.07, 6.45) is 7.57. The van der Waals surface area contributed by atoms with Gasteiger partial charge in [-0.25, -0.2) is 9.37 Å². The molecule has 1 aliphatic heterocycles. The molecular formula is C28H24FN7. The number of aromatic nitrogens is 6. The molecule has 3 aromatic heterocycles. The van der Waals surface area contributed by atoms with E-state index in [0.717, 1.165) is 61.2 Å². The molecule has 0 amide bonds. The number of hydrogen-bond donors (Lipinski definition) is 0. The standard InChI is InChI=1S/C28H24FN7/c1-18(35-13-2-3-14-35)22-8-6-20(16-23(22)29)25-17-31-27-33-32-26(36(27)34-25)28(10-11-28)21-7-9-24-19(15-21)5-4-12-30-24/h4-9,12,15-17H,1-3,10-11,13-14H2. The fourth-order valence-electron chi connectivity index (χ4n) is 5.33. The first-order chi connectivity index (χ1) is 17.6. The lowest BCUT2D eigenvalue weighted by Crippen LogP contribution is -2.17. The van der Waals surface area contributed by atoms with Gasteiger partial charge in [-0.15, -0.1) is 10.2 Å². The van der Waals surface area contributed by atoms with Gasteiger partial charge >= 0.3 is 0 Å². The summed E-state index contributed by atoms with van der Waals surface area (Å²) < 4.78 is 16.9. The first-order valence-corrected chi connectivity index (χ1v) is 12.3. The minimum absolute atomic E-state index is 0.265. The Balaban J connectivity index is 1.26. The van der Waals surface area contributed by atoms with E-state index < -0.39 is 0 Å². The molecule has 1 aliphatic carbocycles. The largest absolute Gasteiger partial charge is 0.371 e. The summed E-state index contributed by atoms with van der Waals surface area (Å²) in [5, 5.41) is 14.7. The molecule has 0 spiro atoms. The van der Waals surface area contributed by atoms with Crippen molar-refractivity contribution in [3.63, 3.8) is 0 Å². The number of rotatable bonds is 5. The van der Waals surface area contributed by atoms with E-state index in [1.165, 1.54) is 11.6 Å². The van der Waals surface area contributed by atoms with Crippen molar-refractivity contribution in [1.82, 2.24) is 34.7 Å². The number of benzene rings is 2. The Kier molecular flexibility index (Phi) is 4.64. The molecule has 7 nitrogen and oxygen atoms in total. The van der Waals surface area contributed by atoms with Crippen LogP contribution in [-0.2, 0) is 5.41 Å². The second-order valence-corrected chi connectivity index (χ2v) is 9.71. The van der Waals surface area contributed by atoms with Gasteiger partial charge in [0.1, 0.15) is 11.5 Å². The van der Waals surface area contributed by atoms with Gasteiger partial charge in [0.2, 0.25) is 0 Å². The molecule has 7 rings (SSSR count). The Hall–Kier alpha value is -4.20. The number of fused-ring (bicyclic) bond motifs is 2. The second kappa shape index (κ2) is 7.91. The van der Waals surface area contributed by atoms with E-state index in [-0.39, 0.29) is 11.2 Å². The average molecular weight is 478 g/mol. The van der Waals surface area contributed by atoms with Gasteiger partial charge in [0.25, 0.3) is 5.78 Å². The highest BCUT2D eigenvalue weighted by Crippen LogP contribution is 2.53. The third-order valence-electron chi connectivity index (χ3n) is 7.53. The fraction of sp³-hybridized carbons (Fsp3) is 0.250. The van der Waals surface area contributed by atoms with Gasteiger partial charge in [-0.05, 0) is 61.6 Å². The molecule has 4 heterocycles. The van der Waals surface area contributed by atoms with E-state index in [2.05, 4.69) is 49.8 Å². The molecule has 0 bridgehead atoms. The number of pyridine rings is 1. The highest BCUT2D eigenvalue weighted by Gasteiger charge is 2.50. The summed E-state index contributed by atoms with van der Waals surface area (Å²) in [4.78, 5) is 11.1. The van der Waals surface area contributed by atoms with Crippen LogP contribution in [0.1, 0.15) is 42.6 Å². The van der Waals surface area contributed by atoms with Crippen molar-refractivity contribution in [3.8, 4) is 11.3 Å². The Morgan fingerprint density at radius 3 is 2.64 bits per heavy atom. The van der Waals surface area contributed by atoms with Crippen molar-refractivity contribution in [3.05, 3.63) is 90.3 Å². The average Bonchev–Trinajstić information content (AvgIpc) is 3.32. The first-order valence-electron chi connectivity index (χ1n) is 12.3. The van der Waals surface area contributed by atoms with Crippen molar-refractivity contribution >= 4 is 22.4 Å². The quantitative estimate of drug-likeness (QED) is 0.354. The van der Waals surface area contributed by atoms with E-state index in [1.807, 2.05) is 18.2 Å². The van der Waals surface area contributed by atoms with Crippen molar-refractivity contribution in [1.29, 1.82) is 0 Å². The Bertz CT molecular complexity index is 1650. The SMILES string of the molecule is C=C(c1ccc(-c2cnc3nnc(C4(c5ccc6ncccc6c5)CC4)n3n2)cc1F)N1CCCC1. The van der Waals surface area contributed by atoms with Crippen molar-refractivity contribution in [2.45, 2.75) is 31.1 Å². The van der Waals surface area contributed by atoms with Crippen molar-refractivity contribution in [2.75, 3.05) is 13.1 Å². The van der Waals surface area contributed by atoms with Crippen LogP contribution in [0.2, 0.25) is 0 Å². The molecule has 1 saturated carbocycles. The highest BCUT2D eigenvalue weighted by molar-refractivity contribution is 5.79. The monoisotopic (exact) mass is 477 g/mol. The summed E-state index contributed by atoms with van der Waals surface area (Å²) in [7, 11) is 0. The lowest BCUT2D eigenvalue weighted by Gasteiger charge is -2.21. The summed E-state index contributed by atoms with van der Waals surface area (Å²) in [6.45, 7) is 5.98. The maximum absolute atomic E-state index is 15.1. The van der Waals surface area contributed by atoms with E-state index in [4.69, 9.17) is 5.10 Å². The van der Waals surface area contributed by atoms with Gasteiger partial charge in [0, 0.05) is 41.5 Å². The Morgan fingerprint density at radius 2 is 1.83 bits per heavy atom. The van der Waals surface area contributed by atoms with Crippen LogP contribution in [-0.4, -0.2) is 47.8 Å². The fourth-order valence-corrected chi connectivity index (χ4v) is 5.33. The lowest BCUT2D eigenvalue weighted by atomic mass is 9.94. The van der Waals surface area contributed by atoms with Gasteiger partial charge in [0.15, 0.2) is 5.82 Å². The molecule has 0 radical (unpaired) electrons. The molecule has 0 N–H and O–H groups in total. The van der Waals surface area contributed by atoms with Crippen LogP contribution in [0.4, 0.5) is 4.39 Å². The summed E-state index contributed by atoms with van der Waals surface area (Å²) >= 11 is 0. The third kappa shape index (κ3) is 3.28. The predicted octanol–water partition coefficient (Wildman–Crippen LogP) is 5.02. The zero-order valence-electron chi connectivity index (χ0n) is 19.7. The number of halogens is 1. The molecule has 36 heavy (non-hydrogen) atoms. The first kappa shape index (κ1) is 21.1. The van der Waals surface area contributed by atoms with Gasteiger partial charge in [-0.2, -0.15) is 9.61 Å². The molecule has 8 heteroatoms. The number of hydrogen-bond acceptors (Lipinski definition) is 6. The van der Waals surface area contributed by atoms with Crippen LogP contribution in [0.5, 0.6) is 0 Å². The molecule has 1 saturated heterocycles. The van der Waals surface area contributed by atoms with Crippen LogP contribution in [0.25, 0.3) is 33.6 Å². The molecular weight excluding hydrogens is 453 g/mol. The van der Waals surface area contributed by atoms with Crippen molar-refractivity contribution < 1.29 is 4.39 Å². The third-order valence-corrected chi connectivity index (χ3v) is 7.53. The predicted molar refractivity (Wildman–Crippen MR) is 136 cm³/mol. The number of nitrogens with zero attached hydrogens (tertiary/aromatic N) is 7. The van der Waals surface area contributed by atoms with Crippen LogP contribution >= 0.6 is 0 Å². The van der Waals surface area contributed by atoms with Crippen LogP contribution in [0.3, 0.4) is 0 Å². The minimum Gasteiger partial charge on any atom is -0.371 e. The maximum Gasteiger partial charge on any atom is 0.271 e.